The summed E-state index contributed by atoms with van der Waals surface area (Å²) in [6.07, 6.45) is 1.39. The first-order valence-electron chi connectivity index (χ1n) is 5.19. The van der Waals surface area contributed by atoms with Crippen molar-refractivity contribution >= 4 is 27.5 Å². The van der Waals surface area contributed by atoms with Crippen LogP contribution in [0.2, 0.25) is 0 Å². The Balaban J connectivity index is 2.11. The van der Waals surface area contributed by atoms with E-state index in [1.54, 1.807) is 6.07 Å². The van der Waals surface area contributed by atoms with Crippen molar-refractivity contribution in [3.05, 3.63) is 56.4 Å². The molecule has 0 aliphatic carbocycles. The molecule has 0 atom stereocenters. The van der Waals surface area contributed by atoms with Gasteiger partial charge in [0.1, 0.15) is 12.0 Å². The van der Waals surface area contributed by atoms with Crippen LogP contribution in [0.25, 0.3) is 0 Å². The van der Waals surface area contributed by atoms with Gasteiger partial charge in [0.05, 0.1) is 15.9 Å². The molecule has 0 aliphatic heterocycles. The second kappa shape index (κ2) is 5.61. The molecule has 0 unspecified atom stereocenters. The number of nitro groups is 1. The molecule has 8 heteroatoms. The van der Waals surface area contributed by atoms with E-state index < -0.39 is 10.8 Å². The SMILES string of the molecule is O=C(NCc1ccon1)c1ccc(Br)c([N+](=O)[O-])c1. The number of amides is 1. The predicted octanol–water partition coefficient (Wildman–Crippen LogP) is 2.28. The Morgan fingerprint density at radius 2 is 2.26 bits per heavy atom. The molecule has 0 radical (unpaired) electrons. The molecule has 1 heterocycles. The number of rotatable bonds is 4. The Labute approximate surface area is 115 Å². The van der Waals surface area contributed by atoms with Crippen molar-refractivity contribution in [3.63, 3.8) is 0 Å². The molecule has 7 nitrogen and oxygen atoms in total. The highest BCUT2D eigenvalue weighted by Gasteiger charge is 2.15. The van der Waals surface area contributed by atoms with E-state index in [2.05, 4.69) is 30.9 Å². The number of aromatic nitrogens is 1. The van der Waals surface area contributed by atoms with Gasteiger partial charge in [-0.1, -0.05) is 5.16 Å². The maximum absolute atomic E-state index is 11.8. The van der Waals surface area contributed by atoms with Gasteiger partial charge in [-0.2, -0.15) is 0 Å². The van der Waals surface area contributed by atoms with Crippen molar-refractivity contribution in [1.29, 1.82) is 0 Å². The standard InChI is InChI=1S/C11H8BrN3O4/c12-9-2-1-7(5-10(9)15(17)18)11(16)13-6-8-3-4-19-14-8/h1-5H,6H2,(H,13,16). The lowest BCUT2D eigenvalue weighted by Crippen LogP contribution is -2.23. The first-order chi connectivity index (χ1) is 9.08. The van der Waals surface area contributed by atoms with Gasteiger partial charge in [0.25, 0.3) is 11.6 Å². The summed E-state index contributed by atoms with van der Waals surface area (Å²) in [6, 6.07) is 5.78. The summed E-state index contributed by atoms with van der Waals surface area (Å²) in [7, 11) is 0. The summed E-state index contributed by atoms with van der Waals surface area (Å²) >= 11 is 3.05. The predicted molar refractivity (Wildman–Crippen MR) is 68.5 cm³/mol. The van der Waals surface area contributed by atoms with Gasteiger partial charge in [0, 0.05) is 17.7 Å². The topological polar surface area (TPSA) is 98.3 Å². The van der Waals surface area contributed by atoms with Crippen LogP contribution in [0.1, 0.15) is 16.1 Å². The number of halogens is 1. The molecule has 0 spiro atoms. The van der Waals surface area contributed by atoms with Crippen LogP contribution in [0.4, 0.5) is 5.69 Å². The third kappa shape index (κ3) is 3.16. The number of nitro benzene ring substituents is 1. The number of nitrogens with one attached hydrogen (secondary N) is 1. The minimum Gasteiger partial charge on any atom is -0.364 e. The fourth-order valence-electron chi connectivity index (χ4n) is 1.40. The van der Waals surface area contributed by atoms with E-state index in [9.17, 15) is 14.9 Å². The molecule has 0 aliphatic rings. The maximum Gasteiger partial charge on any atom is 0.284 e. The lowest BCUT2D eigenvalue weighted by Gasteiger charge is -2.03. The van der Waals surface area contributed by atoms with Crippen LogP contribution in [0.5, 0.6) is 0 Å². The largest absolute Gasteiger partial charge is 0.364 e. The third-order valence-corrected chi connectivity index (χ3v) is 3.00. The van der Waals surface area contributed by atoms with Crippen molar-refractivity contribution in [1.82, 2.24) is 10.5 Å². The van der Waals surface area contributed by atoms with Crippen molar-refractivity contribution in [2.45, 2.75) is 6.54 Å². The van der Waals surface area contributed by atoms with Crippen molar-refractivity contribution in [2.24, 2.45) is 0 Å². The summed E-state index contributed by atoms with van der Waals surface area (Å²) in [6.45, 7) is 0.194. The highest BCUT2D eigenvalue weighted by Crippen LogP contribution is 2.25. The summed E-state index contributed by atoms with van der Waals surface area (Å²) in [5.74, 6) is -0.418. The number of carbonyl (C=O) groups is 1. The van der Waals surface area contributed by atoms with Gasteiger partial charge in [-0.05, 0) is 28.1 Å². The van der Waals surface area contributed by atoms with Crippen LogP contribution in [0, 0.1) is 10.1 Å². The minimum absolute atomic E-state index is 0.158. The molecular formula is C11H8BrN3O4. The second-order valence-corrected chi connectivity index (χ2v) is 4.45. The van der Waals surface area contributed by atoms with Gasteiger partial charge in [-0.15, -0.1) is 0 Å². The molecule has 1 aromatic carbocycles. The van der Waals surface area contributed by atoms with Crippen molar-refractivity contribution in [2.75, 3.05) is 0 Å². The van der Waals surface area contributed by atoms with Gasteiger partial charge in [-0.3, -0.25) is 14.9 Å². The fraction of sp³-hybridized carbons (Fsp3) is 0.0909. The van der Waals surface area contributed by atoms with Gasteiger partial charge >= 0.3 is 0 Å². The summed E-state index contributed by atoms with van der Waals surface area (Å²) in [4.78, 5) is 22.0. The molecule has 2 rings (SSSR count). The van der Waals surface area contributed by atoms with Crippen molar-refractivity contribution in [3.8, 4) is 0 Å². The average molecular weight is 326 g/mol. The van der Waals surface area contributed by atoms with E-state index in [1.807, 2.05) is 0 Å². The quantitative estimate of drug-likeness (QED) is 0.686. The first kappa shape index (κ1) is 13.2. The van der Waals surface area contributed by atoms with E-state index in [0.29, 0.717) is 10.2 Å². The average Bonchev–Trinajstić information content (AvgIpc) is 2.89. The lowest BCUT2D eigenvalue weighted by molar-refractivity contribution is -0.385. The first-order valence-corrected chi connectivity index (χ1v) is 5.98. The molecule has 1 amide bonds. The van der Waals surface area contributed by atoms with E-state index >= 15 is 0 Å². The fourth-order valence-corrected chi connectivity index (χ4v) is 1.79. The molecule has 0 saturated heterocycles. The van der Waals surface area contributed by atoms with Gasteiger partial charge in [0.2, 0.25) is 0 Å². The van der Waals surface area contributed by atoms with E-state index in [0.717, 1.165) is 0 Å². The third-order valence-electron chi connectivity index (χ3n) is 2.33. The summed E-state index contributed by atoms with van der Waals surface area (Å²) in [5.41, 5.74) is 0.618. The van der Waals surface area contributed by atoms with Gasteiger partial charge in [-0.25, -0.2) is 0 Å². The molecular weight excluding hydrogens is 318 g/mol. The molecule has 1 aromatic heterocycles. The molecule has 2 aromatic rings. The minimum atomic E-state index is -0.557. The second-order valence-electron chi connectivity index (χ2n) is 3.60. The number of nitrogens with zero attached hydrogens (tertiary/aromatic N) is 2. The molecule has 0 bridgehead atoms. The molecule has 0 fully saturated rings. The Morgan fingerprint density at radius 1 is 1.47 bits per heavy atom. The zero-order valence-corrected chi connectivity index (χ0v) is 11.1. The number of hydrogen-bond donors (Lipinski definition) is 1. The van der Waals surface area contributed by atoms with Crippen LogP contribution < -0.4 is 5.32 Å². The van der Waals surface area contributed by atoms with Crippen LogP contribution in [-0.4, -0.2) is 16.0 Å². The van der Waals surface area contributed by atoms with Gasteiger partial charge in [0.15, 0.2) is 0 Å². The van der Waals surface area contributed by atoms with E-state index in [-0.39, 0.29) is 17.8 Å². The monoisotopic (exact) mass is 325 g/mol. The summed E-state index contributed by atoms with van der Waals surface area (Å²) in [5, 5.41) is 17.0. The van der Waals surface area contributed by atoms with Crippen molar-refractivity contribution < 1.29 is 14.2 Å². The zero-order chi connectivity index (χ0) is 13.8. The van der Waals surface area contributed by atoms with E-state index in [4.69, 9.17) is 0 Å². The Hall–Kier alpha value is -2.22. The highest BCUT2D eigenvalue weighted by atomic mass is 79.9. The number of benzene rings is 1. The van der Waals surface area contributed by atoms with E-state index in [1.165, 1.54) is 24.5 Å². The van der Waals surface area contributed by atoms with Crippen LogP contribution in [0.15, 0.2) is 39.5 Å². The number of hydrogen-bond acceptors (Lipinski definition) is 5. The Morgan fingerprint density at radius 3 is 2.89 bits per heavy atom. The highest BCUT2D eigenvalue weighted by molar-refractivity contribution is 9.10. The van der Waals surface area contributed by atoms with Crippen LogP contribution in [-0.2, 0) is 6.54 Å². The lowest BCUT2D eigenvalue weighted by atomic mass is 10.2. The smallest absolute Gasteiger partial charge is 0.284 e. The molecule has 1 N–H and O–H groups in total. The maximum atomic E-state index is 11.8. The number of carbonyl (C=O) groups excluding carboxylic acids is 1. The summed E-state index contributed by atoms with van der Waals surface area (Å²) < 4.78 is 4.95. The Bertz CT molecular complexity index is 612. The van der Waals surface area contributed by atoms with Gasteiger partial charge < -0.3 is 9.84 Å². The van der Waals surface area contributed by atoms with Crippen LogP contribution in [0.3, 0.4) is 0 Å². The normalized spacial score (nSPS) is 10.2. The zero-order valence-electron chi connectivity index (χ0n) is 9.50. The Kier molecular flexibility index (Phi) is 3.91. The molecule has 19 heavy (non-hydrogen) atoms. The van der Waals surface area contributed by atoms with Crippen LogP contribution >= 0.6 is 15.9 Å². The molecule has 0 saturated carbocycles. The molecule has 98 valence electrons.